The molecule has 0 heterocycles. The molecule has 0 atom stereocenters. The molecule has 24 heavy (non-hydrogen) atoms. The number of ether oxygens (including phenoxy) is 1. The summed E-state index contributed by atoms with van der Waals surface area (Å²) in [7, 11) is 0. The van der Waals surface area contributed by atoms with Gasteiger partial charge in [0.15, 0.2) is 0 Å². The first-order valence-electron chi connectivity index (χ1n) is 8.18. The highest BCUT2D eigenvalue weighted by atomic mass is 35.5. The first-order valence-corrected chi connectivity index (χ1v) is 8.56. The van der Waals surface area contributed by atoms with Gasteiger partial charge in [0.25, 0.3) is 0 Å². The third-order valence-corrected chi connectivity index (χ3v) is 4.17. The molecule has 3 nitrogen and oxygen atoms in total. The van der Waals surface area contributed by atoms with E-state index in [-0.39, 0.29) is 11.3 Å². The van der Waals surface area contributed by atoms with Gasteiger partial charge in [-0.05, 0) is 36.2 Å². The molecule has 0 saturated heterocycles. The Hall–Kier alpha value is -2.00. The van der Waals surface area contributed by atoms with Crippen molar-refractivity contribution in [2.24, 2.45) is 0 Å². The average Bonchev–Trinajstić information content (AvgIpc) is 2.58. The largest absolute Gasteiger partial charge is 0.494 e. The molecule has 1 amide bonds. The van der Waals surface area contributed by atoms with E-state index in [0.717, 1.165) is 16.3 Å². The summed E-state index contributed by atoms with van der Waals surface area (Å²) in [5.74, 6) is 0.885. The normalized spacial score (nSPS) is 11.1. The van der Waals surface area contributed by atoms with Crippen LogP contribution in [0.3, 0.4) is 0 Å². The Bertz CT molecular complexity index is 638. The fourth-order valence-corrected chi connectivity index (χ4v) is 2.48. The topological polar surface area (TPSA) is 38.3 Å². The van der Waals surface area contributed by atoms with Crippen molar-refractivity contribution in [2.45, 2.75) is 32.1 Å². The van der Waals surface area contributed by atoms with E-state index in [1.165, 1.54) is 0 Å². The molecular weight excluding hydrogens is 322 g/mol. The van der Waals surface area contributed by atoms with Gasteiger partial charge in [-0.25, -0.2) is 0 Å². The van der Waals surface area contributed by atoms with E-state index in [0.29, 0.717) is 26.0 Å². The summed E-state index contributed by atoms with van der Waals surface area (Å²) in [6.45, 7) is 5.34. The van der Waals surface area contributed by atoms with E-state index in [2.05, 4.69) is 19.2 Å². The minimum absolute atomic E-state index is 0.0497. The standard InChI is InChI=1S/C20H24ClNO2/c1-20(2,16-10-12-17(21)13-11-16)15-22-19(23)9-6-14-24-18-7-4-3-5-8-18/h3-5,7-8,10-13H,6,9,14-15H2,1-2H3,(H,22,23). The minimum Gasteiger partial charge on any atom is -0.494 e. The summed E-state index contributed by atoms with van der Waals surface area (Å²) in [5.41, 5.74) is 1.01. The molecule has 0 radical (unpaired) electrons. The van der Waals surface area contributed by atoms with Crippen molar-refractivity contribution in [1.82, 2.24) is 5.32 Å². The van der Waals surface area contributed by atoms with Crippen LogP contribution in [-0.4, -0.2) is 19.1 Å². The molecule has 2 aromatic carbocycles. The molecule has 0 aliphatic heterocycles. The van der Waals surface area contributed by atoms with Crippen molar-refractivity contribution >= 4 is 17.5 Å². The van der Waals surface area contributed by atoms with Crippen LogP contribution in [0.1, 0.15) is 32.3 Å². The van der Waals surface area contributed by atoms with Crippen LogP contribution < -0.4 is 10.1 Å². The zero-order valence-electron chi connectivity index (χ0n) is 14.2. The van der Waals surface area contributed by atoms with Gasteiger partial charge in [-0.15, -0.1) is 0 Å². The molecule has 0 fully saturated rings. The molecule has 4 heteroatoms. The maximum absolute atomic E-state index is 12.0. The number of carbonyl (C=O) groups is 1. The molecular formula is C20H24ClNO2. The molecule has 2 rings (SSSR count). The van der Waals surface area contributed by atoms with Crippen LogP contribution in [0.25, 0.3) is 0 Å². The van der Waals surface area contributed by atoms with Gasteiger partial charge in [-0.3, -0.25) is 4.79 Å². The number of halogens is 1. The second kappa shape index (κ2) is 8.74. The summed E-state index contributed by atoms with van der Waals surface area (Å²) >= 11 is 5.92. The minimum atomic E-state index is -0.138. The summed E-state index contributed by atoms with van der Waals surface area (Å²) < 4.78 is 5.59. The van der Waals surface area contributed by atoms with Crippen LogP contribution in [0.4, 0.5) is 0 Å². The van der Waals surface area contributed by atoms with Gasteiger partial charge in [-0.2, -0.15) is 0 Å². The zero-order chi connectivity index (χ0) is 17.4. The molecule has 0 saturated carbocycles. The summed E-state index contributed by atoms with van der Waals surface area (Å²) in [6, 6.07) is 17.4. The van der Waals surface area contributed by atoms with Gasteiger partial charge >= 0.3 is 0 Å². The summed E-state index contributed by atoms with van der Waals surface area (Å²) in [5, 5.41) is 3.73. The Morgan fingerprint density at radius 2 is 1.75 bits per heavy atom. The van der Waals surface area contributed by atoms with Gasteiger partial charge in [0.1, 0.15) is 5.75 Å². The van der Waals surface area contributed by atoms with Gasteiger partial charge < -0.3 is 10.1 Å². The van der Waals surface area contributed by atoms with Crippen LogP contribution in [0, 0.1) is 0 Å². The number of hydrogen-bond donors (Lipinski definition) is 1. The molecule has 1 N–H and O–H groups in total. The van der Waals surface area contributed by atoms with E-state index in [9.17, 15) is 4.79 Å². The van der Waals surface area contributed by atoms with Gasteiger partial charge in [-0.1, -0.05) is 55.8 Å². The third kappa shape index (κ3) is 5.89. The van der Waals surface area contributed by atoms with E-state index in [4.69, 9.17) is 16.3 Å². The van der Waals surface area contributed by atoms with Crippen LogP contribution in [0.5, 0.6) is 5.75 Å². The maximum atomic E-state index is 12.0. The predicted molar refractivity (Wildman–Crippen MR) is 98.7 cm³/mol. The third-order valence-electron chi connectivity index (χ3n) is 3.91. The maximum Gasteiger partial charge on any atom is 0.220 e. The van der Waals surface area contributed by atoms with E-state index in [1.54, 1.807) is 0 Å². The van der Waals surface area contributed by atoms with Gasteiger partial charge in [0, 0.05) is 23.4 Å². The SMILES string of the molecule is CC(C)(CNC(=O)CCCOc1ccccc1)c1ccc(Cl)cc1. The van der Waals surface area contributed by atoms with Crippen molar-refractivity contribution in [3.63, 3.8) is 0 Å². The second-order valence-electron chi connectivity index (χ2n) is 6.43. The van der Waals surface area contributed by atoms with E-state index in [1.807, 2.05) is 54.6 Å². The molecule has 0 bridgehead atoms. The van der Waals surface area contributed by atoms with Crippen molar-refractivity contribution in [1.29, 1.82) is 0 Å². The monoisotopic (exact) mass is 345 g/mol. The summed E-state index contributed by atoms with van der Waals surface area (Å²) in [6.07, 6.45) is 1.16. The summed E-state index contributed by atoms with van der Waals surface area (Å²) in [4.78, 5) is 12.0. The number of hydrogen-bond acceptors (Lipinski definition) is 2. The molecule has 2 aromatic rings. The average molecular weight is 346 g/mol. The highest BCUT2D eigenvalue weighted by Crippen LogP contribution is 2.23. The number of nitrogens with one attached hydrogen (secondary N) is 1. The van der Waals surface area contributed by atoms with E-state index < -0.39 is 0 Å². The van der Waals surface area contributed by atoms with Crippen molar-refractivity contribution < 1.29 is 9.53 Å². The Morgan fingerprint density at radius 1 is 1.08 bits per heavy atom. The van der Waals surface area contributed by atoms with Crippen molar-refractivity contribution in [3.05, 3.63) is 65.2 Å². The fraction of sp³-hybridized carbons (Fsp3) is 0.350. The number of rotatable bonds is 8. The Balaban J connectivity index is 1.69. The molecule has 0 aromatic heterocycles. The van der Waals surface area contributed by atoms with Gasteiger partial charge in [0.05, 0.1) is 6.61 Å². The number of para-hydroxylation sites is 1. The lowest BCUT2D eigenvalue weighted by Crippen LogP contribution is -2.36. The van der Waals surface area contributed by atoms with Crippen LogP contribution in [0.2, 0.25) is 5.02 Å². The van der Waals surface area contributed by atoms with Gasteiger partial charge in [0.2, 0.25) is 5.91 Å². The highest BCUT2D eigenvalue weighted by molar-refractivity contribution is 6.30. The van der Waals surface area contributed by atoms with E-state index >= 15 is 0 Å². The lowest BCUT2D eigenvalue weighted by molar-refractivity contribution is -0.121. The molecule has 0 aliphatic rings. The first kappa shape index (κ1) is 18.3. The quantitative estimate of drug-likeness (QED) is 0.710. The molecule has 128 valence electrons. The van der Waals surface area contributed by atoms with Crippen molar-refractivity contribution in [3.8, 4) is 5.75 Å². The van der Waals surface area contributed by atoms with Crippen LogP contribution >= 0.6 is 11.6 Å². The number of carbonyl (C=O) groups excluding carboxylic acids is 1. The van der Waals surface area contributed by atoms with Crippen LogP contribution in [0.15, 0.2) is 54.6 Å². The Morgan fingerprint density at radius 3 is 2.42 bits per heavy atom. The second-order valence-corrected chi connectivity index (χ2v) is 6.87. The van der Waals surface area contributed by atoms with Crippen LogP contribution in [-0.2, 0) is 10.2 Å². The first-order chi connectivity index (χ1) is 11.5. The molecule has 0 aliphatic carbocycles. The number of amides is 1. The smallest absolute Gasteiger partial charge is 0.220 e. The number of benzene rings is 2. The highest BCUT2D eigenvalue weighted by Gasteiger charge is 2.21. The Labute approximate surface area is 149 Å². The molecule has 0 spiro atoms. The Kier molecular flexibility index (Phi) is 6.68. The lowest BCUT2D eigenvalue weighted by atomic mass is 9.84. The zero-order valence-corrected chi connectivity index (χ0v) is 15.0. The lowest BCUT2D eigenvalue weighted by Gasteiger charge is -2.25. The predicted octanol–water partition coefficient (Wildman–Crippen LogP) is 4.59. The van der Waals surface area contributed by atoms with Crippen molar-refractivity contribution in [2.75, 3.05) is 13.2 Å². The molecule has 0 unspecified atom stereocenters. The fourth-order valence-electron chi connectivity index (χ4n) is 2.35.